The molecule has 0 saturated carbocycles. The van der Waals surface area contributed by atoms with E-state index in [1.54, 1.807) is 0 Å². The van der Waals surface area contributed by atoms with Gasteiger partial charge in [0, 0.05) is 32.0 Å². The minimum Gasteiger partial charge on any atom is -0.370 e. The number of hydrogen-bond donors (Lipinski definition) is 2. The van der Waals surface area contributed by atoms with E-state index >= 15 is 0 Å². The topological polar surface area (TPSA) is 91.0 Å². The molecule has 0 aromatic heterocycles. The lowest BCUT2D eigenvalue weighted by Gasteiger charge is -2.25. The molecule has 2 saturated heterocycles. The molecule has 2 rings (SSSR count). The molecule has 124 valence electrons. The van der Waals surface area contributed by atoms with Crippen LogP contribution in [0.15, 0.2) is 4.99 Å². The molecule has 1 atom stereocenters. The summed E-state index contributed by atoms with van der Waals surface area (Å²) in [6.07, 6.45) is 3.98. The average Bonchev–Trinajstić information content (AvgIpc) is 2.95. The first-order valence-electron chi connectivity index (χ1n) is 8.23. The fourth-order valence-electron chi connectivity index (χ4n) is 3.12. The van der Waals surface area contributed by atoms with Crippen molar-refractivity contribution in [2.45, 2.75) is 45.1 Å². The van der Waals surface area contributed by atoms with Crippen molar-refractivity contribution < 1.29 is 9.59 Å². The number of likely N-dealkylation sites (N-methyl/N-ethyl adjacent to an activating group) is 1. The molecular formula is C15H27N5O2. The highest BCUT2D eigenvalue weighted by Crippen LogP contribution is 2.16. The summed E-state index contributed by atoms with van der Waals surface area (Å²) in [6.45, 7) is 5.87. The van der Waals surface area contributed by atoms with Gasteiger partial charge in [0.05, 0.1) is 6.54 Å². The zero-order valence-corrected chi connectivity index (χ0v) is 13.4. The van der Waals surface area contributed by atoms with Crippen LogP contribution < -0.4 is 11.1 Å². The van der Waals surface area contributed by atoms with Gasteiger partial charge in [0.1, 0.15) is 0 Å². The average molecular weight is 309 g/mol. The standard InChI is InChI=1S/C15H27N5O2/c1-2-19-9-4-5-12(19)11-18-15(16)17-8-10-20-13(21)6-3-7-14(20)22/h12H,2-11H2,1H3,(H3,16,17,18). The van der Waals surface area contributed by atoms with Crippen molar-refractivity contribution in [3.05, 3.63) is 0 Å². The molecule has 7 heteroatoms. The Morgan fingerprint density at radius 3 is 2.73 bits per heavy atom. The molecule has 2 fully saturated rings. The summed E-state index contributed by atoms with van der Waals surface area (Å²) in [5.41, 5.74) is 5.86. The second-order valence-electron chi connectivity index (χ2n) is 5.87. The van der Waals surface area contributed by atoms with Gasteiger partial charge < -0.3 is 11.1 Å². The van der Waals surface area contributed by atoms with Gasteiger partial charge in [-0.3, -0.25) is 24.4 Å². The number of nitrogens with two attached hydrogens (primary N) is 1. The summed E-state index contributed by atoms with van der Waals surface area (Å²) in [5.74, 6) is 0.219. The van der Waals surface area contributed by atoms with Crippen LogP contribution >= 0.6 is 0 Å². The van der Waals surface area contributed by atoms with Crippen LogP contribution in [0.25, 0.3) is 0 Å². The van der Waals surface area contributed by atoms with E-state index in [0.717, 1.165) is 13.1 Å². The van der Waals surface area contributed by atoms with Crippen molar-refractivity contribution in [3.8, 4) is 0 Å². The number of guanidine groups is 1. The third-order valence-corrected chi connectivity index (χ3v) is 4.40. The number of carbonyl (C=O) groups is 2. The van der Waals surface area contributed by atoms with Crippen LogP contribution in [0.5, 0.6) is 0 Å². The fourth-order valence-corrected chi connectivity index (χ4v) is 3.12. The van der Waals surface area contributed by atoms with Gasteiger partial charge in [0.25, 0.3) is 0 Å². The van der Waals surface area contributed by atoms with Crippen LogP contribution in [-0.2, 0) is 9.59 Å². The molecule has 0 spiro atoms. The van der Waals surface area contributed by atoms with Crippen molar-refractivity contribution in [1.29, 1.82) is 0 Å². The number of nitrogens with zero attached hydrogens (tertiary/aromatic N) is 3. The maximum Gasteiger partial charge on any atom is 0.229 e. The molecule has 0 radical (unpaired) electrons. The van der Waals surface area contributed by atoms with Crippen LogP contribution in [0.1, 0.15) is 39.0 Å². The Hall–Kier alpha value is -1.63. The quantitative estimate of drug-likeness (QED) is 0.407. The van der Waals surface area contributed by atoms with Crippen LogP contribution in [0.3, 0.4) is 0 Å². The lowest BCUT2D eigenvalue weighted by molar-refractivity contribution is -0.147. The molecule has 0 aliphatic carbocycles. The second-order valence-corrected chi connectivity index (χ2v) is 5.87. The van der Waals surface area contributed by atoms with E-state index in [1.807, 2.05) is 0 Å². The lowest BCUT2D eigenvalue weighted by atomic mass is 10.1. The summed E-state index contributed by atoms with van der Waals surface area (Å²) in [4.78, 5) is 31.4. The Morgan fingerprint density at radius 2 is 2.05 bits per heavy atom. The Morgan fingerprint density at radius 1 is 1.32 bits per heavy atom. The first-order valence-corrected chi connectivity index (χ1v) is 8.23. The van der Waals surface area contributed by atoms with E-state index in [9.17, 15) is 9.59 Å². The number of amides is 2. The minimum atomic E-state index is -0.0851. The van der Waals surface area contributed by atoms with Gasteiger partial charge in [-0.15, -0.1) is 0 Å². The maximum atomic E-state index is 11.7. The van der Waals surface area contributed by atoms with Crippen molar-refractivity contribution >= 4 is 17.8 Å². The lowest BCUT2D eigenvalue weighted by Crippen LogP contribution is -2.45. The van der Waals surface area contributed by atoms with Gasteiger partial charge in [-0.1, -0.05) is 6.92 Å². The highest BCUT2D eigenvalue weighted by molar-refractivity contribution is 5.97. The number of aliphatic imine (C=N–C) groups is 1. The summed E-state index contributed by atoms with van der Waals surface area (Å²) < 4.78 is 0. The zero-order valence-electron chi connectivity index (χ0n) is 13.4. The van der Waals surface area contributed by atoms with Crippen molar-refractivity contribution in [2.24, 2.45) is 10.7 Å². The number of nitrogens with one attached hydrogen (secondary N) is 1. The van der Waals surface area contributed by atoms with Crippen LogP contribution in [0, 0.1) is 0 Å². The largest absolute Gasteiger partial charge is 0.370 e. The fraction of sp³-hybridized carbons (Fsp3) is 0.800. The molecular weight excluding hydrogens is 282 g/mol. The number of hydrogen-bond acceptors (Lipinski definition) is 4. The number of piperidine rings is 1. The third kappa shape index (κ3) is 4.43. The summed E-state index contributed by atoms with van der Waals surface area (Å²) in [5, 5.41) is 2.99. The van der Waals surface area contributed by atoms with E-state index in [1.165, 1.54) is 17.7 Å². The monoisotopic (exact) mass is 309 g/mol. The van der Waals surface area contributed by atoms with Gasteiger partial charge in [-0.25, -0.2) is 0 Å². The van der Waals surface area contributed by atoms with E-state index in [2.05, 4.69) is 22.1 Å². The molecule has 3 N–H and O–H groups in total. The molecule has 2 heterocycles. The van der Waals surface area contributed by atoms with E-state index < -0.39 is 0 Å². The predicted octanol–water partition coefficient (Wildman–Crippen LogP) is -0.0859. The summed E-state index contributed by atoms with van der Waals surface area (Å²) in [7, 11) is 0. The normalized spacial score (nSPS) is 24.1. The first kappa shape index (κ1) is 16.7. The Balaban J connectivity index is 1.70. The summed E-state index contributed by atoms with van der Waals surface area (Å²) in [6, 6.07) is 0.482. The van der Waals surface area contributed by atoms with Crippen molar-refractivity contribution in [3.63, 3.8) is 0 Å². The van der Waals surface area contributed by atoms with Crippen molar-refractivity contribution in [2.75, 3.05) is 32.7 Å². The predicted molar refractivity (Wildman–Crippen MR) is 85.3 cm³/mol. The maximum absolute atomic E-state index is 11.7. The Kier molecular flexibility index (Phi) is 6.18. The van der Waals surface area contributed by atoms with Crippen LogP contribution in [-0.4, -0.2) is 66.3 Å². The number of likely N-dealkylation sites (tertiary alicyclic amines) is 2. The first-order chi connectivity index (χ1) is 10.6. The van der Waals surface area contributed by atoms with E-state index in [-0.39, 0.29) is 11.8 Å². The molecule has 1 unspecified atom stereocenters. The Bertz CT molecular complexity index is 422. The molecule has 7 nitrogen and oxygen atoms in total. The van der Waals surface area contributed by atoms with Crippen LogP contribution in [0.4, 0.5) is 0 Å². The highest BCUT2D eigenvalue weighted by Gasteiger charge is 2.25. The van der Waals surface area contributed by atoms with E-state index in [4.69, 9.17) is 5.73 Å². The molecule has 2 aliphatic heterocycles. The van der Waals surface area contributed by atoms with Gasteiger partial charge in [0.15, 0.2) is 5.96 Å². The molecule has 0 aromatic rings. The number of rotatable bonds is 6. The van der Waals surface area contributed by atoms with Gasteiger partial charge in [-0.2, -0.15) is 0 Å². The molecule has 0 aromatic carbocycles. The SMILES string of the molecule is CCN1CCCC1CN=C(N)NCCN1C(=O)CCCC1=O. The van der Waals surface area contributed by atoms with Crippen molar-refractivity contribution in [1.82, 2.24) is 15.1 Å². The van der Waals surface area contributed by atoms with Gasteiger partial charge >= 0.3 is 0 Å². The third-order valence-electron chi connectivity index (χ3n) is 4.40. The minimum absolute atomic E-state index is 0.0851. The highest BCUT2D eigenvalue weighted by atomic mass is 16.2. The zero-order chi connectivity index (χ0) is 15.9. The second kappa shape index (κ2) is 8.12. The summed E-state index contributed by atoms with van der Waals surface area (Å²) >= 11 is 0. The molecule has 22 heavy (non-hydrogen) atoms. The van der Waals surface area contributed by atoms with E-state index in [0.29, 0.717) is 50.9 Å². The molecule has 2 aliphatic rings. The number of imide groups is 1. The smallest absolute Gasteiger partial charge is 0.229 e. The Labute approximate surface area is 131 Å². The number of carbonyl (C=O) groups excluding carboxylic acids is 2. The van der Waals surface area contributed by atoms with Gasteiger partial charge in [0.2, 0.25) is 11.8 Å². The van der Waals surface area contributed by atoms with Gasteiger partial charge in [-0.05, 0) is 32.4 Å². The van der Waals surface area contributed by atoms with Crippen LogP contribution in [0.2, 0.25) is 0 Å². The molecule has 0 bridgehead atoms. The molecule has 2 amide bonds.